The lowest BCUT2D eigenvalue weighted by molar-refractivity contribution is 0.215. The molecular weight excluding hydrogens is 298 g/mol. The van der Waals surface area contributed by atoms with Crippen LogP contribution in [0.2, 0.25) is 0 Å². The molecule has 5 nitrogen and oxygen atoms in total. The number of pyridine rings is 2. The molecule has 1 fully saturated rings. The van der Waals surface area contributed by atoms with Crippen molar-refractivity contribution in [1.29, 1.82) is 5.26 Å². The summed E-state index contributed by atoms with van der Waals surface area (Å²) in [5, 5.41) is 8.89. The monoisotopic (exact) mass is 321 g/mol. The van der Waals surface area contributed by atoms with Crippen molar-refractivity contribution in [1.82, 2.24) is 14.9 Å². The van der Waals surface area contributed by atoms with Gasteiger partial charge in [-0.1, -0.05) is 6.07 Å². The molecule has 1 atom stereocenters. The van der Waals surface area contributed by atoms with E-state index in [1.54, 1.807) is 6.20 Å². The highest BCUT2D eigenvalue weighted by molar-refractivity contribution is 5.42. The zero-order chi connectivity index (χ0) is 16.8. The minimum absolute atomic E-state index is 0.565. The van der Waals surface area contributed by atoms with Gasteiger partial charge in [-0.2, -0.15) is 5.26 Å². The second-order valence-corrected chi connectivity index (χ2v) is 6.32. The lowest BCUT2D eigenvalue weighted by Gasteiger charge is -2.27. The summed E-state index contributed by atoms with van der Waals surface area (Å²) < 4.78 is 0. The third-order valence-corrected chi connectivity index (χ3v) is 4.66. The van der Waals surface area contributed by atoms with Crippen LogP contribution >= 0.6 is 0 Å². The average Bonchev–Trinajstić information content (AvgIpc) is 2.89. The van der Waals surface area contributed by atoms with E-state index in [4.69, 9.17) is 5.26 Å². The normalized spacial score (nSPS) is 18.2. The van der Waals surface area contributed by atoms with Crippen molar-refractivity contribution in [2.75, 3.05) is 25.0 Å². The largest absolute Gasteiger partial charge is 0.357 e. The van der Waals surface area contributed by atoms with Gasteiger partial charge in [0, 0.05) is 38.1 Å². The summed E-state index contributed by atoms with van der Waals surface area (Å²) in [5.41, 5.74) is 1.73. The van der Waals surface area contributed by atoms with E-state index in [0.29, 0.717) is 11.6 Å². The summed E-state index contributed by atoms with van der Waals surface area (Å²) in [6.07, 6.45) is 6.97. The van der Waals surface area contributed by atoms with Crippen LogP contribution in [-0.2, 0) is 6.54 Å². The molecule has 0 radical (unpaired) electrons. The predicted molar refractivity (Wildman–Crippen MR) is 94.5 cm³/mol. The maximum atomic E-state index is 8.89. The molecule has 1 saturated heterocycles. The standard InChI is InChI=1S/C19H23N5/c1-23(15-17-5-2-3-10-21-17)18-6-4-11-24(12-9-18)19-8-7-16(13-20)14-22-19/h2-3,5,7-8,10,14,18H,4,6,9,11-12,15H2,1H3/t18-/m1/s1. The van der Waals surface area contributed by atoms with Crippen molar-refractivity contribution in [3.05, 3.63) is 54.0 Å². The second kappa shape index (κ2) is 7.89. The molecule has 2 aromatic heterocycles. The number of hydrogen-bond donors (Lipinski definition) is 0. The number of rotatable bonds is 4. The summed E-state index contributed by atoms with van der Waals surface area (Å²) in [5.74, 6) is 0.974. The van der Waals surface area contributed by atoms with Crippen LogP contribution in [0.5, 0.6) is 0 Å². The number of nitrogens with zero attached hydrogens (tertiary/aromatic N) is 5. The molecule has 3 rings (SSSR count). The van der Waals surface area contributed by atoms with Gasteiger partial charge in [-0.15, -0.1) is 0 Å². The van der Waals surface area contributed by atoms with Gasteiger partial charge in [0.2, 0.25) is 0 Å². The third kappa shape index (κ3) is 4.09. The summed E-state index contributed by atoms with van der Waals surface area (Å²) in [6, 6.07) is 12.6. The number of hydrogen-bond acceptors (Lipinski definition) is 5. The molecule has 0 saturated carbocycles. The highest BCUT2D eigenvalue weighted by atomic mass is 15.2. The number of anilines is 1. The first-order valence-electron chi connectivity index (χ1n) is 8.47. The van der Waals surface area contributed by atoms with Gasteiger partial charge in [0.15, 0.2) is 0 Å². The molecule has 5 heteroatoms. The lowest BCUT2D eigenvalue weighted by Crippen LogP contribution is -2.33. The molecule has 0 unspecified atom stereocenters. The van der Waals surface area contributed by atoms with Gasteiger partial charge < -0.3 is 4.90 Å². The molecule has 0 spiro atoms. The minimum Gasteiger partial charge on any atom is -0.357 e. The van der Waals surface area contributed by atoms with Crippen LogP contribution in [0.15, 0.2) is 42.7 Å². The molecule has 0 aromatic carbocycles. The van der Waals surface area contributed by atoms with E-state index in [2.05, 4.69) is 39.0 Å². The van der Waals surface area contributed by atoms with Gasteiger partial charge in [-0.25, -0.2) is 4.98 Å². The van der Waals surface area contributed by atoms with E-state index in [0.717, 1.165) is 44.0 Å². The summed E-state index contributed by atoms with van der Waals surface area (Å²) in [6.45, 7) is 2.91. The van der Waals surface area contributed by atoms with Crippen LogP contribution in [0.4, 0.5) is 5.82 Å². The topological polar surface area (TPSA) is 56.1 Å². The van der Waals surface area contributed by atoms with Crippen LogP contribution in [-0.4, -0.2) is 41.0 Å². The quantitative estimate of drug-likeness (QED) is 0.867. The zero-order valence-corrected chi connectivity index (χ0v) is 14.1. The van der Waals surface area contributed by atoms with Crippen molar-refractivity contribution in [3.63, 3.8) is 0 Å². The fourth-order valence-electron chi connectivity index (χ4n) is 3.26. The van der Waals surface area contributed by atoms with Crippen LogP contribution in [0.3, 0.4) is 0 Å². The molecule has 0 aliphatic carbocycles. The summed E-state index contributed by atoms with van der Waals surface area (Å²) >= 11 is 0. The Hall–Kier alpha value is -2.45. The van der Waals surface area contributed by atoms with Crippen molar-refractivity contribution in [2.45, 2.75) is 31.8 Å². The molecule has 3 heterocycles. The Morgan fingerprint density at radius 2 is 2.12 bits per heavy atom. The van der Waals surface area contributed by atoms with E-state index in [1.807, 2.05) is 30.5 Å². The van der Waals surface area contributed by atoms with Gasteiger partial charge in [-0.05, 0) is 50.6 Å². The van der Waals surface area contributed by atoms with Crippen LogP contribution in [0, 0.1) is 11.3 Å². The molecule has 0 amide bonds. The fourth-order valence-corrected chi connectivity index (χ4v) is 3.26. The van der Waals surface area contributed by atoms with Gasteiger partial charge >= 0.3 is 0 Å². The van der Waals surface area contributed by atoms with E-state index < -0.39 is 0 Å². The van der Waals surface area contributed by atoms with Crippen LogP contribution in [0.1, 0.15) is 30.5 Å². The van der Waals surface area contributed by atoms with Crippen molar-refractivity contribution >= 4 is 5.82 Å². The molecule has 0 bridgehead atoms. The van der Waals surface area contributed by atoms with E-state index >= 15 is 0 Å². The highest BCUT2D eigenvalue weighted by Crippen LogP contribution is 2.21. The Bertz CT molecular complexity index is 677. The smallest absolute Gasteiger partial charge is 0.128 e. The maximum absolute atomic E-state index is 8.89. The first-order chi connectivity index (χ1) is 11.8. The maximum Gasteiger partial charge on any atom is 0.128 e. The van der Waals surface area contributed by atoms with Crippen molar-refractivity contribution in [3.8, 4) is 6.07 Å². The van der Waals surface area contributed by atoms with Crippen LogP contribution < -0.4 is 4.90 Å². The molecule has 2 aromatic rings. The first kappa shape index (κ1) is 16.4. The number of nitriles is 1. The Labute approximate surface area is 143 Å². The SMILES string of the molecule is CN(Cc1ccccn1)[C@@H]1CCCN(c2ccc(C#N)cn2)CC1. The lowest BCUT2D eigenvalue weighted by atomic mass is 10.1. The van der Waals surface area contributed by atoms with Crippen molar-refractivity contribution in [2.24, 2.45) is 0 Å². The zero-order valence-electron chi connectivity index (χ0n) is 14.1. The molecule has 24 heavy (non-hydrogen) atoms. The molecule has 1 aliphatic rings. The van der Waals surface area contributed by atoms with Gasteiger partial charge in [0.05, 0.1) is 11.3 Å². The van der Waals surface area contributed by atoms with E-state index in [9.17, 15) is 0 Å². The molecule has 1 aliphatic heterocycles. The highest BCUT2D eigenvalue weighted by Gasteiger charge is 2.21. The van der Waals surface area contributed by atoms with Gasteiger partial charge in [-0.3, -0.25) is 9.88 Å². The van der Waals surface area contributed by atoms with E-state index in [1.165, 1.54) is 6.42 Å². The van der Waals surface area contributed by atoms with Gasteiger partial charge in [0.1, 0.15) is 11.9 Å². The second-order valence-electron chi connectivity index (χ2n) is 6.32. The van der Waals surface area contributed by atoms with Crippen LogP contribution in [0.25, 0.3) is 0 Å². The Balaban J connectivity index is 1.59. The summed E-state index contributed by atoms with van der Waals surface area (Å²) in [4.78, 5) is 13.6. The molecule has 124 valence electrons. The summed E-state index contributed by atoms with van der Waals surface area (Å²) in [7, 11) is 2.19. The Morgan fingerprint density at radius 3 is 2.83 bits per heavy atom. The molecule has 0 N–H and O–H groups in total. The predicted octanol–water partition coefficient (Wildman–Crippen LogP) is 2.84. The Kier molecular flexibility index (Phi) is 5.39. The first-order valence-corrected chi connectivity index (χ1v) is 8.47. The molecular formula is C19H23N5. The Morgan fingerprint density at radius 1 is 1.21 bits per heavy atom. The fraction of sp³-hybridized carbons (Fsp3) is 0.421. The minimum atomic E-state index is 0.565. The van der Waals surface area contributed by atoms with Gasteiger partial charge in [0.25, 0.3) is 0 Å². The van der Waals surface area contributed by atoms with Crippen molar-refractivity contribution < 1.29 is 0 Å². The average molecular weight is 321 g/mol. The van der Waals surface area contributed by atoms with E-state index in [-0.39, 0.29) is 0 Å². The third-order valence-electron chi connectivity index (χ3n) is 4.66. The number of aromatic nitrogens is 2.